The van der Waals surface area contributed by atoms with E-state index in [1.165, 1.54) is 64.9 Å². The van der Waals surface area contributed by atoms with Crippen LogP contribution in [0.25, 0.3) is 0 Å². The van der Waals surface area contributed by atoms with Crippen molar-refractivity contribution < 1.29 is 28.5 Å². The number of carbonyl (C=O) groups excluding carboxylic acids is 1. The normalized spacial score (nSPS) is 27.0. The van der Waals surface area contributed by atoms with Crippen molar-refractivity contribution in [2.75, 3.05) is 20.3 Å². The molecule has 3 aliphatic rings. The highest BCUT2D eigenvalue weighted by atomic mass is 16.7. The van der Waals surface area contributed by atoms with Crippen molar-refractivity contribution in [3.8, 4) is 0 Å². The summed E-state index contributed by atoms with van der Waals surface area (Å²) in [4.78, 5) is 11.4. The van der Waals surface area contributed by atoms with E-state index in [0.29, 0.717) is 18.3 Å². The lowest BCUT2D eigenvalue weighted by Gasteiger charge is -2.33. The summed E-state index contributed by atoms with van der Waals surface area (Å²) in [6.45, 7) is 3.84. The van der Waals surface area contributed by atoms with Crippen LogP contribution in [0.5, 0.6) is 0 Å². The number of rotatable bonds is 17. The van der Waals surface area contributed by atoms with Crippen molar-refractivity contribution in [1.29, 1.82) is 0 Å². The molecule has 2 saturated heterocycles. The van der Waals surface area contributed by atoms with E-state index in [4.69, 9.17) is 23.7 Å². The summed E-state index contributed by atoms with van der Waals surface area (Å²) in [7, 11) is 1.47. The molecule has 6 nitrogen and oxygen atoms in total. The third-order valence-corrected chi connectivity index (χ3v) is 8.27. The molecular formula is C31H54O6. The maximum absolute atomic E-state index is 11.4. The molecule has 1 saturated carbocycles. The minimum Gasteiger partial charge on any atom is -0.469 e. The minimum atomic E-state index is -0.148. The lowest BCUT2D eigenvalue weighted by Crippen LogP contribution is -2.28. The second-order valence-corrected chi connectivity index (χ2v) is 11.3. The highest BCUT2D eigenvalue weighted by Gasteiger charge is 2.36. The summed E-state index contributed by atoms with van der Waals surface area (Å²) < 4.78 is 30.3. The molecule has 6 heteroatoms. The molecule has 0 aromatic rings. The average Bonchev–Trinajstić information content (AvgIpc) is 3.40. The van der Waals surface area contributed by atoms with Gasteiger partial charge in [-0.25, -0.2) is 0 Å². The van der Waals surface area contributed by atoms with Crippen molar-refractivity contribution in [1.82, 2.24) is 0 Å². The quantitative estimate of drug-likeness (QED) is 0.109. The Morgan fingerprint density at radius 3 is 2.08 bits per heavy atom. The number of carbonyl (C=O) groups is 1. The fraction of sp³-hybridized carbons (Fsp3) is 0.903. The summed E-state index contributed by atoms with van der Waals surface area (Å²) in [5, 5.41) is 0. The first-order valence-electron chi connectivity index (χ1n) is 15.6. The van der Waals surface area contributed by atoms with Crippen LogP contribution in [0.15, 0.2) is 11.5 Å². The van der Waals surface area contributed by atoms with Crippen molar-refractivity contribution in [2.24, 2.45) is 11.8 Å². The molecule has 0 aromatic carbocycles. The molecule has 2 aliphatic heterocycles. The molecule has 0 aromatic heterocycles. The Balaban J connectivity index is 1.69. The molecule has 2 unspecified atom stereocenters. The van der Waals surface area contributed by atoms with Crippen LogP contribution < -0.4 is 0 Å². The molecule has 3 rings (SSSR count). The van der Waals surface area contributed by atoms with Gasteiger partial charge in [0.2, 0.25) is 0 Å². The molecule has 2 heterocycles. The van der Waals surface area contributed by atoms with Crippen molar-refractivity contribution in [3.05, 3.63) is 11.5 Å². The number of hydrogen-bond donors (Lipinski definition) is 0. The zero-order valence-corrected chi connectivity index (χ0v) is 23.8. The van der Waals surface area contributed by atoms with Crippen molar-refractivity contribution >= 4 is 5.97 Å². The zero-order valence-electron chi connectivity index (χ0n) is 23.8. The summed E-state index contributed by atoms with van der Waals surface area (Å²) in [5.41, 5.74) is 0. The third kappa shape index (κ3) is 11.2. The van der Waals surface area contributed by atoms with Gasteiger partial charge < -0.3 is 23.7 Å². The monoisotopic (exact) mass is 522 g/mol. The number of unbranched alkanes of at least 4 members (excludes halogenated alkanes) is 6. The second kappa shape index (κ2) is 18.1. The lowest BCUT2D eigenvalue weighted by molar-refractivity contribution is -0.164. The minimum absolute atomic E-state index is 0.0962. The van der Waals surface area contributed by atoms with Gasteiger partial charge in [0, 0.05) is 31.6 Å². The van der Waals surface area contributed by atoms with Crippen LogP contribution in [0.3, 0.4) is 0 Å². The van der Waals surface area contributed by atoms with Gasteiger partial charge in [0.25, 0.3) is 0 Å². The largest absolute Gasteiger partial charge is 0.469 e. The highest BCUT2D eigenvalue weighted by Crippen LogP contribution is 2.43. The van der Waals surface area contributed by atoms with E-state index in [9.17, 15) is 4.79 Å². The van der Waals surface area contributed by atoms with E-state index in [-0.39, 0.29) is 18.5 Å². The van der Waals surface area contributed by atoms with Crippen LogP contribution in [0, 0.1) is 11.8 Å². The predicted molar refractivity (Wildman–Crippen MR) is 146 cm³/mol. The highest BCUT2D eigenvalue weighted by molar-refractivity contribution is 5.68. The summed E-state index contributed by atoms with van der Waals surface area (Å²) in [6, 6.07) is 0. The van der Waals surface area contributed by atoms with Gasteiger partial charge in [-0.05, 0) is 63.7 Å². The first-order valence-corrected chi connectivity index (χ1v) is 15.6. The smallest absolute Gasteiger partial charge is 0.305 e. The van der Waals surface area contributed by atoms with Gasteiger partial charge >= 0.3 is 5.97 Å². The van der Waals surface area contributed by atoms with Gasteiger partial charge in [0.15, 0.2) is 12.6 Å². The van der Waals surface area contributed by atoms with Crippen LogP contribution in [0.4, 0.5) is 0 Å². The number of hydrogen-bond acceptors (Lipinski definition) is 6. The van der Waals surface area contributed by atoms with Crippen LogP contribution in [0.2, 0.25) is 0 Å². The van der Waals surface area contributed by atoms with E-state index in [2.05, 4.69) is 6.92 Å². The van der Waals surface area contributed by atoms with Gasteiger partial charge in [0.05, 0.1) is 20.3 Å². The SMILES string of the molecule is CCCCCCC(OC1CCCCO1)=C(OC1CCCCO1)[C@H]1CCC[C@@H]1CCCCCCC(=O)OC. The Morgan fingerprint density at radius 1 is 0.730 bits per heavy atom. The molecule has 0 amide bonds. The van der Waals surface area contributed by atoms with E-state index < -0.39 is 0 Å². The lowest BCUT2D eigenvalue weighted by atomic mass is 9.88. The fourth-order valence-electron chi connectivity index (χ4n) is 6.08. The number of esters is 1. The van der Waals surface area contributed by atoms with Crippen LogP contribution in [0.1, 0.15) is 135 Å². The molecule has 1 aliphatic carbocycles. The molecule has 3 fully saturated rings. The van der Waals surface area contributed by atoms with Gasteiger partial charge in [-0.3, -0.25) is 4.79 Å². The first kappa shape index (κ1) is 30.3. The Morgan fingerprint density at radius 2 is 1.41 bits per heavy atom. The van der Waals surface area contributed by atoms with E-state index in [0.717, 1.165) is 88.9 Å². The Bertz CT molecular complexity index is 650. The first-order chi connectivity index (χ1) is 18.2. The molecule has 0 radical (unpaired) electrons. The Kier molecular flexibility index (Phi) is 14.8. The second-order valence-electron chi connectivity index (χ2n) is 11.3. The van der Waals surface area contributed by atoms with Gasteiger partial charge in [0.1, 0.15) is 11.5 Å². The van der Waals surface area contributed by atoms with Crippen LogP contribution >= 0.6 is 0 Å². The summed E-state index contributed by atoms with van der Waals surface area (Å²) in [6.07, 6.45) is 21.8. The number of methoxy groups -OCH3 is 1. The van der Waals surface area contributed by atoms with Gasteiger partial charge in [-0.1, -0.05) is 51.9 Å². The topological polar surface area (TPSA) is 63.2 Å². The summed E-state index contributed by atoms with van der Waals surface area (Å²) in [5.74, 6) is 3.07. The third-order valence-electron chi connectivity index (χ3n) is 8.27. The van der Waals surface area contributed by atoms with Crippen LogP contribution in [-0.4, -0.2) is 38.9 Å². The zero-order chi connectivity index (χ0) is 26.1. The number of ether oxygens (including phenoxy) is 5. The average molecular weight is 523 g/mol. The molecule has 214 valence electrons. The molecule has 37 heavy (non-hydrogen) atoms. The molecule has 4 atom stereocenters. The number of allylic oxidation sites excluding steroid dienone is 2. The molecule has 0 bridgehead atoms. The molecule has 0 N–H and O–H groups in total. The van der Waals surface area contributed by atoms with Gasteiger partial charge in [-0.15, -0.1) is 0 Å². The van der Waals surface area contributed by atoms with Crippen LogP contribution in [-0.2, 0) is 28.5 Å². The van der Waals surface area contributed by atoms with E-state index >= 15 is 0 Å². The molecular weight excluding hydrogens is 468 g/mol. The molecule has 0 spiro atoms. The Hall–Kier alpha value is -1.27. The van der Waals surface area contributed by atoms with Crippen molar-refractivity contribution in [3.63, 3.8) is 0 Å². The van der Waals surface area contributed by atoms with E-state index in [1.807, 2.05) is 0 Å². The van der Waals surface area contributed by atoms with Crippen molar-refractivity contribution in [2.45, 2.75) is 148 Å². The van der Waals surface area contributed by atoms with E-state index in [1.54, 1.807) is 0 Å². The fourth-order valence-corrected chi connectivity index (χ4v) is 6.08. The standard InChI is InChI=1S/C31H54O6/c1-3-4-5-9-19-27(36-29-21-11-13-23-34-29)31(37-30-22-12-14-24-35-30)26-18-15-17-25(26)16-8-6-7-10-20-28(32)33-2/h25-26,29-30H,3-24H2,1-2H3/t25-,26-,29?,30?/m0/s1. The Labute approximate surface area is 226 Å². The maximum Gasteiger partial charge on any atom is 0.305 e. The van der Waals surface area contributed by atoms with Gasteiger partial charge in [-0.2, -0.15) is 0 Å². The maximum atomic E-state index is 11.4. The predicted octanol–water partition coefficient (Wildman–Crippen LogP) is 8.18. The summed E-state index contributed by atoms with van der Waals surface area (Å²) >= 11 is 0.